The molecule has 0 radical (unpaired) electrons. The molecule has 4 aromatic rings. The summed E-state index contributed by atoms with van der Waals surface area (Å²) in [7, 11) is 5.74. The molecule has 3 aromatic heterocycles. The first-order valence-electron chi connectivity index (χ1n) is 12.2. The lowest BCUT2D eigenvalue weighted by molar-refractivity contribution is -0.114. The van der Waals surface area contributed by atoms with Crippen LogP contribution in [0.15, 0.2) is 42.7 Å². The summed E-state index contributed by atoms with van der Waals surface area (Å²) in [6, 6.07) is 9.18. The number of hydrogen-bond acceptors (Lipinski definition) is 7. The number of halogens is 1. The van der Waals surface area contributed by atoms with Gasteiger partial charge in [0.2, 0.25) is 5.91 Å². The Morgan fingerprint density at radius 1 is 1.16 bits per heavy atom. The van der Waals surface area contributed by atoms with Gasteiger partial charge in [0, 0.05) is 56.1 Å². The molecule has 2 amide bonds. The van der Waals surface area contributed by atoms with Gasteiger partial charge in [-0.05, 0) is 57.3 Å². The second-order valence-corrected chi connectivity index (χ2v) is 10.9. The molecule has 1 aliphatic rings. The molecule has 1 aliphatic carbocycles. The summed E-state index contributed by atoms with van der Waals surface area (Å²) in [5.41, 5.74) is 5.78. The number of carbonyl (C=O) groups excluding carboxylic acids is 2. The molecular weight excluding hydrogens is 522 g/mol. The van der Waals surface area contributed by atoms with E-state index in [2.05, 4.69) is 15.3 Å². The largest absolute Gasteiger partial charge is 0.340 e. The Bertz CT molecular complexity index is 1510. The fourth-order valence-corrected chi connectivity index (χ4v) is 5.84. The van der Waals surface area contributed by atoms with Crippen molar-refractivity contribution in [2.45, 2.75) is 19.8 Å². The Balaban J connectivity index is 1.60. The molecule has 196 valence electrons. The molecule has 0 saturated carbocycles. The van der Waals surface area contributed by atoms with Gasteiger partial charge < -0.3 is 15.1 Å². The van der Waals surface area contributed by atoms with Crippen LogP contribution in [0.5, 0.6) is 0 Å². The number of rotatable bonds is 7. The number of benzene rings is 1. The third kappa shape index (κ3) is 5.07. The van der Waals surface area contributed by atoms with Crippen molar-refractivity contribution >= 4 is 39.9 Å². The van der Waals surface area contributed by atoms with Crippen LogP contribution < -0.4 is 5.32 Å². The summed E-state index contributed by atoms with van der Waals surface area (Å²) >= 11 is 8.24. The highest BCUT2D eigenvalue weighted by Crippen LogP contribution is 2.44. The Labute approximate surface area is 230 Å². The number of fused-ring (bicyclic) bond motifs is 3. The van der Waals surface area contributed by atoms with E-state index in [4.69, 9.17) is 16.7 Å². The second kappa shape index (κ2) is 10.6. The molecule has 9 nitrogen and oxygen atoms in total. The van der Waals surface area contributed by atoms with E-state index in [1.165, 1.54) is 18.3 Å². The topological polar surface area (TPSA) is 96.2 Å². The molecule has 0 unspecified atom stereocenters. The SMILES string of the molecule is CC(=O)Nc1nc2c(s1)-c1c(c(-c3cccnc3)nn1-c1ccc(C(=O)N(C)CCN(C)C)cc1Cl)CC2. The predicted molar refractivity (Wildman–Crippen MR) is 150 cm³/mol. The van der Waals surface area contributed by atoms with Crippen molar-refractivity contribution in [3.63, 3.8) is 0 Å². The van der Waals surface area contributed by atoms with Gasteiger partial charge in [-0.3, -0.25) is 14.6 Å². The number of carbonyl (C=O) groups is 2. The summed E-state index contributed by atoms with van der Waals surface area (Å²) < 4.78 is 1.83. The van der Waals surface area contributed by atoms with Crippen molar-refractivity contribution in [1.82, 2.24) is 29.5 Å². The molecule has 0 atom stereocenters. The smallest absolute Gasteiger partial charge is 0.253 e. The fourth-order valence-electron chi connectivity index (χ4n) is 4.47. The minimum atomic E-state index is -0.167. The predicted octanol–water partition coefficient (Wildman–Crippen LogP) is 4.40. The molecule has 38 heavy (non-hydrogen) atoms. The highest BCUT2D eigenvalue weighted by Gasteiger charge is 2.30. The summed E-state index contributed by atoms with van der Waals surface area (Å²) in [5.74, 6) is -0.261. The normalized spacial score (nSPS) is 12.3. The van der Waals surface area contributed by atoms with E-state index in [-0.39, 0.29) is 11.8 Å². The van der Waals surface area contributed by atoms with Crippen molar-refractivity contribution in [2.24, 2.45) is 0 Å². The molecule has 1 aromatic carbocycles. The number of hydrogen-bond donors (Lipinski definition) is 1. The molecule has 5 rings (SSSR count). The first kappa shape index (κ1) is 26.0. The Morgan fingerprint density at radius 3 is 2.66 bits per heavy atom. The maximum atomic E-state index is 13.0. The van der Waals surface area contributed by atoms with E-state index in [0.717, 1.165) is 52.5 Å². The number of nitrogens with zero attached hydrogens (tertiary/aromatic N) is 6. The average Bonchev–Trinajstić information content (AvgIpc) is 3.47. The van der Waals surface area contributed by atoms with E-state index in [1.54, 1.807) is 36.5 Å². The van der Waals surface area contributed by atoms with Crippen molar-refractivity contribution in [2.75, 3.05) is 39.5 Å². The van der Waals surface area contributed by atoms with Crippen LogP contribution in [0.1, 0.15) is 28.5 Å². The summed E-state index contributed by atoms with van der Waals surface area (Å²) in [5, 5.41) is 8.78. The number of likely N-dealkylation sites (N-methyl/N-ethyl adjacent to an activating group) is 2. The number of pyridine rings is 1. The van der Waals surface area contributed by atoms with Crippen LogP contribution in [-0.2, 0) is 17.6 Å². The van der Waals surface area contributed by atoms with Crippen LogP contribution in [0.25, 0.3) is 27.5 Å². The molecule has 11 heteroatoms. The second-order valence-electron chi connectivity index (χ2n) is 9.50. The van der Waals surface area contributed by atoms with Crippen molar-refractivity contribution < 1.29 is 9.59 Å². The Hall–Kier alpha value is -3.60. The minimum absolute atomic E-state index is 0.0939. The van der Waals surface area contributed by atoms with Crippen molar-refractivity contribution in [3.05, 3.63) is 64.6 Å². The summed E-state index contributed by atoms with van der Waals surface area (Å²) in [6.07, 6.45) is 5.00. The molecule has 0 saturated heterocycles. The van der Waals surface area contributed by atoms with Gasteiger partial charge in [-0.15, -0.1) is 0 Å². The lowest BCUT2D eigenvalue weighted by atomic mass is 9.95. The first-order valence-corrected chi connectivity index (χ1v) is 13.4. The van der Waals surface area contributed by atoms with Crippen LogP contribution in [0, 0.1) is 0 Å². The van der Waals surface area contributed by atoms with Crippen LogP contribution in [0.3, 0.4) is 0 Å². The maximum Gasteiger partial charge on any atom is 0.253 e. The quantitative estimate of drug-likeness (QED) is 0.367. The highest BCUT2D eigenvalue weighted by atomic mass is 35.5. The minimum Gasteiger partial charge on any atom is -0.340 e. The summed E-state index contributed by atoms with van der Waals surface area (Å²) in [4.78, 5) is 38.3. The van der Waals surface area contributed by atoms with Gasteiger partial charge in [-0.2, -0.15) is 5.10 Å². The molecule has 0 spiro atoms. The van der Waals surface area contributed by atoms with Gasteiger partial charge in [0.25, 0.3) is 5.91 Å². The number of anilines is 1. The van der Waals surface area contributed by atoms with E-state index in [0.29, 0.717) is 27.9 Å². The van der Waals surface area contributed by atoms with Crippen LogP contribution in [-0.4, -0.2) is 75.6 Å². The number of aryl methyl sites for hydroxylation is 1. The molecule has 0 fully saturated rings. The lowest BCUT2D eigenvalue weighted by Gasteiger charge is -2.20. The van der Waals surface area contributed by atoms with Gasteiger partial charge >= 0.3 is 0 Å². The van der Waals surface area contributed by atoms with E-state index < -0.39 is 0 Å². The average molecular weight is 550 g/mol. The zero-order valence-corrected chi connectivity index (χ0v) is 23.2. The number of nitrogens with one attached hydrogen (secondary N) is 1. The molecular formula is C27H28ClN7O2S. The monoisotopic (exact) mass is 549 g/mol. The number of aromatic nitrogens is 4. The lowest BCUT2D eigenvalue weighted by Crippen LogP contribution is -2.33. The third-order valence-electron chi connectivity index (χ3n) is 6.38. The van der Waals surface area contributed by atoms with Crippen LogP contribution in [0.2, 0.25) is 5.02 Å². The van der Waals surface area contributed by atoms with Gasteiger partial charge in [-0.25, -0.2) is 9.67 Å². The molecule has 0 bridgehead atoms. The summed E-state index contributed by atoms with van der Waals surface area (Å²) in [6.45, 7) is 2.84. The molecule has 0 aliphatic heterocycles. The van der Waals surface area contributed by atoms with E-state index in [9.17, 15) is 9.59 Å². The first-order chi connectivity index (χ1) is 18.2. The Kier molecular flexibility index (Phi) is 7.29. The zero-order valence-electron chi connectivity index (χ0n) is 21.7. The van der Waals surface area contributed by atoms with Crippen LogP contribution >= 0.6 is 22.9 Å². The molecule has 3 heterocycles. The highest BCUT2D eigenvalue weighted by molar-refractivity contribution is 7.19. The van der Waals surface area contributed by atoms with E-state index >= 15 is 0 Å². The van der Waals surface area contributed by atoms with Gasteiger partial charge in [0.1, 0.15) is 0 Å². The fraction of sp³-hybridized carbons (Fsp3) is 0.296. The van der Waals surface area contributed by atoms with Gasteiger partial charge in [0.05, 0.1) is 32.7 Å². The third-order valence-corrected chi connectivity index (χ3v) is 7.70. The van der Waals surface area contributed by atoms with Crippen molar-refractivity contribution in [1.29, 1.82) is 0 Å². The number of amides is 2. The van der Waals surface area contributed by atoms with Crippen LogP contribution in [0.4, 0.5) is 5.13 Å². The van der Waals surface area contributed by atoms with Gasteiger partial charge in [0.15, 0.2) is 5.13 Å². The van der Waals surface area contributed by atoms with Gasteiger partial charge in [-0.1, -0.05) is 22.9 Å². The van der Waals surface area contributed by atoms with E-state index in [1.807, 2.05) is 41.9 Å². The maximum absolute atomic E-state index is 13.0. The molecule has 1 N–H and O–H groups in total. The number of thiazole rings is 1. The zero-order chi connectivity index (χ0) is 27.0. The Morgan fingerprint density at radius 2 is 1.97 bits per heavy atom. The standard InChI is InChI=1S/C27H28ClN7O2S/c1-16(36)30-27-31-21-9-8-19-23(18-6-5-11-29-15-18)32-35(24(19)25(21)38-27)22-10-7-17(14-20(22)28)26(37)34(4)13-12-33(2)3/h5-7,10-11,14-15H,8-9,12-13H2,1-4H3,(H,30,31,36). The van der Waals surface area contributed by atoms with Crippen molar-refractivity contribution in [3.8, 4) is 27.5 Å².